The van der Waals surface area contributed by atoms with E-state index < -0.39 is 5.97 Å². The summed E-state index contributed by atoms with van der Waals surface area (Å²) in [6.45, 7) is 4.89. The Morgan fingerprint density at radius 2 is 2.21 bits per heavy atom. The quantitative estimate of drug-likeness (QED) is 0.905. The lowest BCUT2D eigenvalue weighted by molar-refractivity contribution is -0.137. The van der Waals surface area contributed by atoms with Gasteiger partial charge in [-0.15, -0.1) is 0 Å². The Balaban J connectivity index is 2.29. The predicted octanol–water partition coefficient (Wildman–Crippen LogP) is 2.64. The molecule has 0 amide bonds. The van der Waals surface area contributed by atoms with E-state index in [0.717, 1.165) is 12.1 Å². The standard InChI is InChI=1S/C15H18N2O2/c1-15(2)8-11(7-14(18)19)10-17(15)13-6-4-3-5-12(13)9-16/h3-6,11H,7-8,10H2,1-2H3,(H,18,19). The maximum absolute atomic E-state index is 10.9. The summed E-state index contributed by atoms with van der Waals surface area (Å²) in [7, 11) is 0. The molecule has 1 heterocycles. The highest BCUT2D eigenvalue weighted by molar-refractivity contribution is 5.68. The van der Waals surface area contributed by atoms with Crippen LogP contribution in [-0.2, 0) is 4.79 Å². The second kappa shape index (κ2) is 4.93. The molecule has 1 N–H and O–H groups in total. The first kappa shape index (κ1) is 13.4. The van der Waals surface area contributed by atoms with Gasteiger partial charge in [-0.2, -0.15) is 5.26 Å². The van der Waals surface area contributed by atoms with Crippen molar-refractivity contribution in [2.24, 2.45) is 5.92 Å². The number of nitriles is 1. The predicted molar refractivity (Wildman–Crippen MR) is 72.9 cm³/mol. The van der Waals surface area contributed by atoms with Crippen LogP contribution in [0.25, 0.3) is 0 Å². The van der Waals surface area contributed by atoms with Gasteiger partial charge in [0.1, 0.15) is 6.07 Å². The van der Waals surface area contributed by atoms with Gasteiger partial charge in [-0.1, -0.05) is 12.1 Å². The van der Waals surface area contributed by atoms with Crippen molar-refractivity contribution < 1.29 is 9.90 Å². The molecule has 19 heavy (non-hydrogen) atoms. The van der Waals surface area contributed by atoms with Gasteiger partial charge >= 0.3 is 5.97 Å². The van der Waals surface area contributed by atoms with Crippen molar-refractivity contribution in [1.29, 1.82) is 5.26 Å². The lowest BCUT2D eigenvalue weighted by Gasteiger charge is -2.34. The highest BCUT2D eigenvalue weighted by atomic mass is 16.4. The average molecular weight is 258 g/mol. The molecular weight excluding hydrogens is 240 g/mol. The van der Waals surface area contributed by atoms with E-state index in [1.54, 1.807) is 6.07 Å². The second-order valence-electron chi connectivity index (χ2n) is 5.72. The molecule has 100 valence electrons. The Labute approximate surface area is 113 Å². The van der Waals surface area contributed by atoms with E-state index in [4.69, 9.17) is 5.11 Å². The van der Waals surface area contributed by atoms with Crippen LogP contribution in [-0.4, -0.2) is 23.2 Å². The Kier molecular flexibility index (Phi) is 3.48. The minimum atomic E-state index is -0.754. The molecule has 0 aromatic heterocycles. The highest BCUT2D eigenvalue weighted by Crippen LogP contribution is 2.39. The van der Waals surface area contributed by atoms with Crippen molar-refractivity contribution in [3.05, 3.63) is 29.8 Å². The molecule has 1 aliphatic heterocycles. The third-order valence-corrected chi connectivity index (χ3v) is 3.74. The SMILES string of the molecule is CC1(C)CC(CC(=O)O)CN1c1ccccc1C#N. The molecule has 4 nitrogen and oxygen atoms in total. The maximum Gasteiger partial charge on any atom is 0.303 e. The van der Waals surface area contributed by atoms with E-state index in [0.29, 0.717) is 12.1 Å². The smallest absolute Gasteiger partial charge is 0.303 e. The minimum Gasteiger partial charge on any atom is -0.481 e. The number of hydrogen-bond acceptors (Lipinski definition) is 3. The largest absolute Gasteiger partial charge is 0.481 e. The van der Waals surface area contributed by atoms with Crippen molar-refractivity contribution in [2.75, 3.05) is 11.4 Å². The van der Waals surface area contributed by atoms with E-state index in [1.165, 1.54) is 0 Å². The van der Waals surface area contributed by atoms with Crippen LogP contribution < -0.4 is 4.90 Å². The molecule has 1 aromatic carbocycles. The number of anilines is 1. The normalized spacial score (nSPS) is 21.1. The summed E-state index contributed by atoms with van der Waals surface area (Å²) < 4.78 is 0. The second-order valence-corrected chi connectivity index (χ2v) is 5.72. The van der Waals surface area contributed by atoms with E-state index in [2.05, 4.69) is 24.8 Å². The fraction of sp³-hybridized carbons (Fsp3) is 0.467. The number of hydrogen-bond donors (Lipinski definition) is 1. The maximum atomic E-state index is 10.9. The van der Waals surface area contributed by atoms with Crippen LogP contribution in [0, 0.1) is 17.2 Å². The van der Waals surface area contributed by atoms with Gasteiger partial charge in [-0.3, -0.25) is 4.79 Å². The lowest BCUT2D eigenvalue weighted by atomic mass is 9.94. The zero-order chi connectivity index (χ0) is 14.0. The summed E-state index contributed by atoms with van der Waals surface area (Å²) in [6, 6.07) is 9.70. The number of carboxylic acid groups (broad SMARTS) is 1. The van der Waals surface area contributed by atoms with Crippen LogP contribution in [0.1, 0.15) is 32.3 Å². The van der Waals surface area contributed by atoms with E-state index in [9.17, 15) is 10.1 Å². The van der Waals surface area contributed by atoms with E-state index in [-0.39, 0.29) is 17.9 Å². The van der Waals surface area contributed by atoms with Gasteiger partial charge in [-0.25, -0.2) is 0 Å². The van der Waals surface area contributed by atoms with E-state index >= 15 is 0 Å². The summed E-state index contributed by atoms with van der Waals surface area (Å²) in [5, 5.41) is 18.1. The summed E-state index contributed by atoms with van der Waals surface area (Å²) >= 11 is 0. The summed E-state index contributed by atoms with van der Waals surface area (Å²) in [6.07, 6.45) is 1.02. The summed E-state index contributed by atoms with van der Waals surface area (Å²) in [4.78, 5) is 13.0. The van der Waals surface area contributed by atoms with Crippen molar-refractivity contribution >= 4 is 11.7 Å². The van der Waals surface area contributed by atoms with Crippen molar-refractivity contribution in [1.82, 2.24) is 0 Å². The number of aliphatic carboxylic acids is 1. The Morgan fingerprint density at radius 1 is 1.53 bits per heavy atom. The van der Waals surface area contributed by atoms with Crippen LogP contribution in [0.3, 0.4) is 0 Å². The molecule has 0 bridgehead atoms. The van der Waals surface area contributed by atoms with Gasteiger partial charge in [0.25, 0.3) is 0 Å². The van der Waals surface area contributed by atoms with Crippen molar-refractivity contribution in [2.45, 2.75) is 32.2 Å². The zero-order valence-corrected chi connectivity index (χ0v) is 11.3. The Bertz CT molecular complexity index is 531. The lowest BCUT2D eigenvalue weighted by Crippen LogP contribution is -2.38. The monoisotopic (exact) mass is 258 g/mol. The number of nitrogens with zero attached hydrogens (tertiary/aromatic N) is 2. The van der Waals surface area contributed by atoms with Crippen LogP contribution in [0.4, 0.5) is 5.69 Å². The van der Waals surface area contributed by atoms with Crippen LogP contribution in [0.2, 0.25) is 0 Å². The Hall–Kier alpha value is -2.02. The first-order chi connectivity index (χ1) is 8.94. The highest BCUT2D eigenvalue weighted by Gasteiger charge is 2.39. The minimum absolute atomic E-state index is 0.118. The van der Waals surface area contributed by atoms with E-state index in [1.807, 2.05) is 18.2 Å². The molecule has 0 spiro atoms. The molecule has 1 saturated heterocycles. The number of benzene rings is 1. The van der Waals surface area contributed by atoms with Gasteiger partial charge < -0.3 is 10.0 Å². The van der Waals surface area contributed by atoms with Gasteiger partial charge in [0, 0.05) is 18.5 Å². The number of rotatable bonds is 3. The first-order valence-electron chi connectivity index (χ1n) is 6.42. The molecule has 1 aliphatic rings. The molecule has 0 saturated carbocycles. The molecule has 1 atom stereocenters. The van der Waals surface area contributed by atoms with Gasteiger partial charge in [0.2, 0.25) is 0 Å². The molecule has 4 heteroatoms. The van der Waals surface area contributed by atoms with Gasteiger partial charge in [-0.05, 0) is 38.3 Å². The number of carboxylic acids is 1. The average Bonchev–Trinajstić information content (AvgIpc) is 2.63. The molecule has 0 aliphatic carbocycles. The first-order valence-corrected chi connectivity index (χ1v) is 6.42. The Morgan fingerprint density at radius 3 is 2.84 bits per heavy atom. The van der Waals surface area contributed by atoms with Crippen LogP contribution >= 0.6 is 0 Å². The van der Waals surface area contributed by atoms with Gasteiger partial charge in [0.15, 0.2) is 0 Å². The fourth-order valence-electron chi connectivity index (χ4n) is 3.00. The molecular formula is C15H18N2O2. The van der Waals surface area contributed by atoms with Crippen molar-refractivity contribution in [3.63, 3.8) is 0 Å². The van der Waals surface area contributed by atoms with Crippen LogP contribution in [0.5, 0.6) is 0 Å². The molecule has 2 rings (SSSR count). The molecule has 1 fully saturated rings. The molecule has 1 aromatic rings. The van der Waals surface area contributed by atoms with Crippen LogP contribution in [0.15, 0.2) is 24.3 Å². The number of para-hydroxylation sites is 1. The molecule has 0 radical (unpaired) electrons. The third kappa shape index (κ3) is 2.70. The topological polar surface area (TPSA) is 64.3 Å². The van der Waals surface area contributed by atoms with Gasteiger partial charge in [0.05, 0.1) is 11.3 Å². The zero-order valence-electron chi connectivity index (χ0n) is 11.3. The summed E-state index contributed by atoms with van der Waals surface area (Å²) in [5.74, 6) is -0.615. The van der Waals surface area contributed by atoms with Crippen molar-refractivity contribution in [3.8, 4) is 6.07 Å². The third-order valence-electron chi connectivity index (χ3n) is 3.74. The number of carbonyl (C=O) groups is 1. The molecule has 1 unspecified atom stereocenters. The fourth-order valence-corrected chi connectivity index (χ4v) is 3.00. The summed E-state index contributed by atoms with van der Waals surface area (Å²) in [5.41, 5.74) is 1.43.